The summed E-state index contributed by atoms with van der Waals surface area (Å²) in [4.78, 5) is 18.2. The molecular formula is C9H11N5O. The highest BCUT2D eigenvalue weighted by Crippen LogP contribution is 2.13. The molecular weight excluding hydrogens is 194 g/mol. The van der Waals surface area contributed by atoms with Gasteiger partial charge in [-0.2, -0.15) is 5.10 Å². The number of nitrogens with one attached hydrogen (secondary N) is 1. The molecule has 0 aliphatic carbocycles. The first-order valence-electron chi connectivity index (χ1n) is 4.43. The molecule has 0 aliphatic rings. The van der Waals surface area contributed by atoms with Gasteiger partial charge in [-0.3, -0.25) is 9.48 Å². The number of aromatic nitrogens is 4. The smallest absolute Gasteiger partial charge is 0.256 e. The van der Waals surface area contributed by atoms with Crippen molar-refractivity contribution in [2.24, 2.45) is 7.05 Å². The summed E-state index contributed by atoms with van der Waals surface area (Å²) < 4.78 is 1.63. The van der Waals surface area contributed by atoms with Gasteiger partial charge in [0.15, 0.2) is 0 Å². The van der Waals surface area contributed by atoms with Gasteiger partial charge in [0, 0.05) is 13.2 Å². The van der Waals surface area contributed by atoms with Crippen LogP contribution in [0.3, 0.4) is 0 Å². The van der Waals surface area contributed by atoms with Gasteiger partial charge in [-0.25, -0.2) is 4.98 Å². The van der Waals surface area contributed by atoms with Crippen molar-refractivity contribution in [2.45, 2.75) is 6.92 Å². The molecule has 6 nitrogen and oxygen atoms in total. The molecule has 2 rings (SSSR count). The average Bonchev–Trinajstić information content (AvgIpc) is 2.60. The van der Waals surface area contributed by atoms with Crippen molar-refractivity contribution in [3.8, 4) is 11.4 Å². The summed E-state index contributed by atoms with van der Waals surface area (Å²) in [6.07, 6.45) is 3.38. The van der Waals surface area contributed by atoms with Crippen LogP contribution in [0.15, 0.2) is 17.2 Å². The van der Waals surface area contributed by atoms with Gasteiger partial charge in [0.2, 0.25) is 0 Å². The maximum absolute atomic E-state index is 11.4. The molecule has 0 aromatic carbocycles. The molecule has 3 N–H and O–H groups in total. The van der Waals surface area contributed by atoms with Crippen LogP contribution in [0.1, 0.15) is 5.56 Å². The van der Waals surface area contributed by atoms with Crippen LogP contribution >= 0.6 is 0 Å². The van der Waals surface area contributed by atoms with Crippen molar-refractivity contribution >= 4 is 5.82 Å². The fourth-order valence-corrected chi connectivity index (χ4v) is 1.23. The summed E-state index contributed by atoms with van der Waals surface area (Å²) in [6, 6.07) is 0. The van der Waals surface area contributed by atoms with Crippen LogP contribution in [-0.2, 0) is 7.05 Å². The molecule has 6 heteroatoms. The summed E-state index contributed by atoms with van der Waals surface area (Å²) in [5.74, 6) is 0.689. The van der Waals surface area contributed by atoms with Crippen molar-refractivity contribution in [1.82, 2.24) is 19.7 Å². The van der Waals surface area contributed by atoms with E-state index < -0.39 is 0 Å². The summed E-state index contributed by atoms with van der Waals surface area (Å²) in [6.45, 7) is 1.63. The van der Waals surface area contributed by atoms with Gasteiger partial charge < -0.3 is 10.7 Å². The van der Waals surface area contributed by atoms with Crippen LogP contribution in [0.2, 0.25) is 0 Å². The van der Waals surface area contributed by atoms with Gasteiger partial charge in [-0.05, 0) is 6.92 Å². The number of anilines is 1. The molecule has 2 heterocycles. The number of hydrogen-bond acceptors (Lipinski definition) is 4. The van der Waals surface area contributed by atoms with Gasteiger partial charge in [-0.15, -0.1) is 0 Å². The van der Waals surface area contributed by atoms with Gasteiger partial charge >= 0.3 is 0 Å². The lowest BCUT2D eigenvalue weighted by atomic mass is 10.3. The summed E-state index contributed by atoms with van der Waals surface area (Å²) in [7, 11) is 1.79. The zero-order valence-corrected chi connectivity index (χ0v) is 8.48. The van der Waals surface area contributed by atoms with Gasteiger partial charge in [-0.1, -0.05) is 0 Å². The number of aryl methyl sites for hydroxylation is 1. The van der Waals surface area contributed by atoms with Crippen LogP contribution in [0.25, 0.3) is 11.4 Å². The van der Waals surface area contributed by atoms with Gasteiger partial charge in [0.05, 0.1) is 17.3 Å². The summed E-state index contributed by atoms with van der Waals surface area (Å²) >= 11 is 0. The number of H-pyrrole nitrogens is 1. The molecule has 0 bridgehead atoms. The van der Waals surface area contributed by atoms with E-state index in [1.807, 2.05) is 0 Å². The van der Waals surface area contributed by atoms with Crippen LogP contribution in [0.5, 0.6) is 0 Å². The highest BCUT2D eigenvalue weighted by Gasteiger charge is 2.07. The molecule has 0 spiro atoms. The van der Waals surface area contributed by atoms with E-state index in [1.165, 1.54) is 0 Å². The number of hydrogen-bond donors (Lipinski definition) is 2. The Bertz CT molecular complexity index is 554. The van der Waals surface area contributed by atoms with Crippen LogP contribution in [0.4, 0.5) is 5.82 Å². The predicted molar refractivity (Wildman–Crippen MR) is 56.2 cm³/mol. The number of aromatic amines is 1. The summed E-state index contributed by atoms with van der Waals surface area (Å²) in [5.41, 5.74) is 6.56. The minimum Gasteiger partial charge on any atom is -0.383 e. The molecule has 0 saturated carbocycles. The minimum absolute atomic E-state index is 0.221. The molecule has 0 aliphatic heterocycles. The van der Waals surface area contributed by atoms with Crippen molar-refractivity contribution in [1.29, 1.82) is 0 Å². The quantitative estimate of drug-likeness (QED) is 0.689. The number of nitrogens with two attached hydrogens (primary N) is 1. The maximum Gasteiger partial charge on any atom is 0.256 e. The molecule has 0 fully saturated rings. The third-order valence-corrected chi connectivity index (χ3v) is 2.17. The van der Waals surface area contributed by atoms with Crippen LogP contribution in [-0.4, -0.2) is 19.7 Å². The Kier molecular flexibility index (Phi) is 2.03. The van der Waals surface area contributed by atoms with Gasteiger partial charge in [0.25, 0.3) is 5.56 Å². The monoisotopic (exact) mass is 205 g/mol. The van der Waals surface area contributed by atoms with Gasteiger partial charge in [0.1, 0.15) is 11.6 Å². The fourth-order valence-electron chi connectivity index (χ4n) is 1.23. The molecule has 2 aromatic heterocycles. The largest absolute Gasteiger partial charge is 0.383 e. The minimum atomic E-state index is -0.221. The number of rotatable bonds is 1. The van der Waals surface area contributed by atoms with E-state index in [4.69, 9.17) is 5.73 Å². The molecule has 0 atom stereocenters. The SMILES string of the molecule is Cc1c(N)nc(-c2cnn(C)c2)[nH]c1=O. The molecule has 0 saturated heterocycles. The van der Waals surface area contributed by atoms with E-state index in [1.54, 1.807) is 31.0 Å². The van der Waals surface area contributed by atoms with Crippen molar-refractivity contribution in [3.63, 3.8) is 0 Å². The van der Waals surface area contributed by atoms with Crippen molar-refractivity contribution < 1.29 is 0 Å². The van der Waals surface area contributed by atoms with Crippen molar-refractivity contribution in [2.75, 3.05) is 5.73 Å². The second kappa shape index (κ2) is 3.23. The third kappa shape index (κ3) is 1.61. The Morgan fingerprint density at radius 2 is 2.27 bits per heavy atom. The molecule has 0 unspecified atom stereocenters. The first-order valence-corrected chi connectivity index (χ1v) is 4.43. The van der Waals surface area contributed by atoms with E-state index in [9.17, 15) is 4.79 Å². The summed E-state index contributed by atoms with van der Waals surface area (Å²) in [5, 5.41) is 3.99. The standard InChI is InChI=1S/C9H11N5O/c1-5-7(10)12-8(13-9(5)15)6-3-11-14(2)4-6/h3-4H,1-2H3,(H3,10,12,13,15). The maximum atomic E-state index is 11.4. The highest BCUT2D eigenvalue weighted by molar-refractivity contribution is 5.55. The van der Waals surface area contributed by atoms with Crippen LogP contribution in [0, 0.1) is 6.92 Å². The lowest BCUT2D eigenvalue weighted by Gasteiger charge is -2.00. The predicted octanol–water partition coefficient (Wildman–Crippen LogP) is 0.0610. The highest BCUT2D eigenvalue weighted by atomic mass is 16.1. The zero-order valence-electron chi connectivity index (χ0n) is 8.48. The second-order valence-corrected chi connectivity index (χ2v) is 3.33. The Hall–Kier alpha value is -2.11. The van der Waals surface area contributed by atoms with Crippen LogP contribution < -0.4 is 11.3 Å². The topological polar surface area (TPSA) is 89.6 Å². The first-order chi connectivity index (χ1) is 7.08. The molecule has 78 valence electrons. The molecule has 0 radical (unpaired) electrons. The van der Waals surface area contributed by atoms with Crippen molar-refractivity contribution in [3.05, 3.63) is 28.3 Å². The third-order valence-electron chi connectivity index (χ3n) is 2.17. The Morgan fingerprint density at radius 3 is 2.80 bits per heavy atom. The number of nitrogen functional groups attached to an aromatic ring is 1. The first kappa shape index (κ1) is 9.45. The Morgan fingerprint density at radius 1 is 1.53 bits per heavy atom. The second-order valence-electron chi connectivity index (χ2n) is 3.33. The van der Waals surface area contributed by atoms with E-state index in [0.717, 1.165) is 5.56 Å². The van der Waals surface area contributed by atoms with E-state index in [0.29, 0.717) is 11.4 Å². The van der Waals surface area contributed by atoms with E-state index in [-0.39, 0.29) is 11.4 Å². The zero-order chi connectivity index (χ0) is 11.0. The lowest BCUT2D eigenvalue weighted by Crippen LogP contribution is -2.15. The Labute approximate surface area is 85.8 Å². The average molecular weight is 205 g/mol. The van der Waals surface area contributed by atoms with E-state index >= 15 is 0 Å². The lowest BCUT2D eigenvalue weighted by molar-refractivity contribution is 0.768. The number of nitrogens with zero attached hydrogens (tertiary/aromatic N) is 3. The van der Waals surface area contributed by atoms with E-state index in [2.05, 4.69) is 15.1 Å². The molecule has 2 aromatic rings. The Balaban J connectivity index is 2.60. The molecule has 15 heavy (non-hydrogen) atoms. The normalized spacial score (nSPS) is 10.5. The molecule has 0 amide bonds. The fraction of sp³-hybridized carbons (Fsp3) is 0.222.